The van der Waals surface area contributed by atoms with Gasteiger partial charge in [-0.2, -0.15) is 5.10 Å². The lowest BCUT2D eigenvalue weighted by molar-refractivity contribution is -0.127. The fourth-order valence-corrected chi connectivity index (χ4v) is 4.31. The molecule has 3 aromatic rings. The molecular formula is C27H29N3O6S. The van der Waals surface area contributed by atoms with Crippen LogP contribution < -0.4 is 20.2 Å². The summed E-state index contributed by atoms with van der Waals surface area (Å²) in [4.78, 5) is 38.4. The number of hydrogen-bond donors (Lipinski definition) is 2. The van der Waals surface area contributed by atoms with Crippen molar-refractivity contribution >= 4 is 40.3 Å². The zero-order chi connectivity index (χ0) is 26.9. The minimum absolute atomic E-state index is 0.243. The summed E-state index contributed by atoms with van der Waals surface area (Å²) in [5.41, 5.74) is 4.72. The normalized spacial score (nSPS) is 11.6. The first-order chi connectivity index (χ1) is 17.7. The molecule has 3 rings (SSSR count). The number of nitrogens with zero attached hydrogens (tertiary/aromatic N) is 1. The Hall–Kier alpha value is -4.18. The molecule has 0 aliphatic carbocycles. The number of nitrogens with one attached hydrogen (secondary N) is 2. The van der Waals surface area contributed by atoms with Crippen LogP contribution in [0.5, 0.6) is 11.5 Å². The zero-order valence-corrected chi connectivity index (χ0v) is 22.1. The van der Waals surface area contributed by atoms with Crippen LogP contribution in [0.25, 0.3) is 0 Å². The van der Waals surface area contributed by atoms with Gasteiger partial charge in [-0.05, 0) is 75.2 Å². The van der Waals surface area contributed by atoms with Gasteiger partial charge in [-0.3, -0.25) is 9.59 Å². The predicted molar refractivity (Wildman–Crippen MR) is 143 cm³/mol. The molecule has 2 aromatic carbocycles. The second-order valence-corrected chi connectivity index (χ2v) is 9.18. The van der Waals surface area contributed by atoms with Crippen LogP contribution in [0.2, 0.25) is 0 Å². The van der Waals surface area contributed by atoms with Crippen molar-refractivity contribution in [2.24, 2.45) is 5.10 Å². The maximum Gasteiger partial charge on any atom is 0.341 e. The van der Waals surface area contributed by atoms with Gasteiger partial charge in [0.15, 0.2) is 6.10 Å². The minimum atomic E-state index is -0.827. The molecule has 0 saturated heterocycles. The Morgan fingerprint density at radius 3 is 2.49 bits per heavy atom. The third-order valence-corrected chi connectivity index (χ3v) is 6.50. The van der Waals surface area contributed by atoms with Crippen LogP contribution in [0.1, 0.15) is 50.6 Å². The van der Waals surface area contributed by atoms with Gasteiger partial charge in [0.05, 0.1) is 25.5 Å². The van der Waals surface area contributed by atoms with Crippen molar-refractivity contribution in [3.8, 4) is 11.5 Å². The van der Waals surface area contributed by atoms with Gasteiger partial charge in [0.25, 0.3) is 11.8 Å². The SMILES string of the molecule is CCOC(=O)c1c(NC(=O)c2ccc(O[C@H](C)C(=O)N/N=C\c3cccc(OC)c3)cc2)sc(C)c1C. The average Bonchev–Trinajstić information content (AvgIpc) is 3.17. The number of carbonyl (C=O) groups excluding carboxylic acids is 3. The Balaban J connectivity index is 1.58. The third-order valence-electron chi connectivity index (χ3n) is 5.37. The number of benzene rings is 2. The number of carbonyl (C=O) groups is 3. The lowest BCUT2D eigenvalue weighted by Crippen LogP contribution is -2.33. The Labute approximate surface area is 219 Å². The van der Waals surface area contributed by atoms with Gasteiger partial charge in [0.2, 0.25) is 0 Å². The number of hydrazone groups is 1. The highest BCUT2D eigenvalue weighted by atomic mass is 32.1. The van der Waals surface area contributed by atoms with Crippen molar-refractivity contribution < 1.29 is 28.6 Å². The second kappa shape index (κ2) is 12.7. The van der Waals surface area contributed by atoms with Crippen molar-refractivity contribution in [3.63, 3.8) is 0 Å². The molecule has 2 N–H and O–H groups in total. The summed E-state index contributed by atoms with van der Waals surface area (Å²) in [5, 5.41) is 7.19. The Bertz CT molecular complexity index is 1300. The first kappa shape index (κ1) is 27.4. The van der Waals surface area contributed by atoms with Crippen molar-refractivity contribution in [1.82, 2.24) is 5.43 Å². The molecule has 0 spiro atoms. The molecule has 1 atom stereocenters. The van der Waals surface area contributed by atoms with Crippen molar-refractivity contribution in [1.29, 1.82) is 0 Å². The largest absolute Gasteiger partial charge is 0.497 e. The highest BCUT2D eigenvalue weighted by Gasteiger charge is 2.22. The first-order valence-corrected chi connectivity index (χ1v) is 12.4. The quantitative estimate of drug-likeness (QED) is 0.226. The number of thiophene rings is 1. The van der Waals surface area contributed by atoms with Gasteiger partial charge in [-0.1, -0.05) is 12.1 Å². The summed E-state index contributed by atoms with van der Waals surface area (Å²) in [5.74, 6) is -0.189. The van der Waals surface area contributed by atoms with Crippen LogP contribution in [-0.2, 0) is 9.53 Å². The average molecular weight is 524 g/mol. The van der Waals surface area contributed by atoms with E-state index in [9.17, 15) is 14.4 Å². The van der Waals surface area contributed by atoms with E-state index < -0.39 is 18.0 Å². The van der Waals surface area contributed by atoms with Crippen LogP contribution in [0.4, 0.5) is 5.00 Å². The zero-order valence-electron chi connectivity index (χ0n) is 21.3. The van der Waals surface area contributed by atoms with E-state index >= 15 is 0 Å². The van der Waals surface area contributed by atoms with E-state index in [1.54, 1.807) is 51.3 Å². The molecule has 0 saturated carbocycles. The van der Waals surface area contributed by atoms with E-state index in [1.807, 2.05) is 32.0 Å². The third kappa shape index (κ3) is 7.17. The summed E-state index contributed by atoms with van der Waals surface area (Å²) in [7, 11) is 1.57. The second-order valence-electron chi connectivity index (χ2n) is 7.96. The topological polar surface area (TPSA) is 115 Å². The Kier molecular flexibility index (Phi) is 9.39. The number of hydrogen-bond acceptors (Lipinski definition) is 8. The lowest BCUT2D eigenvalue weighted by atomic mass is 10.1. The smallest absolute Gasteiger partial charge is 0.341 e. The highest BCUT2D eigenvalue weighted by molar-refractivity contribution is 7.16. The van der Waals surface area contributed by atoms with Crippen LogP contribution in [0.15, 0.2) is 53.6 Å². The number of anilines is 1. The van der Waals surface area contributed by atoms with Crippen molar-refractivity contribution in [2.75, 3.05) is 19.0 Å². The molecule has 10 heteroatoms. The van der Waals surface area contributed by atoms with E-state index in [1.165, 1.54) is 17.6 Å². The number of esters is 1. The first-order valence-electron chi connectivity index (χ1n) is 11.6. The molecule has 1 aromatic heterocycles. The molecule has 9 nitrogen and oxygen atoms in total. The number of rotatable bonds is 10. The number of ether oxygens (including phenoxy) is 3. The highest BCUT2D eigenvalue weighted by Crippen LogP contribution is 2.33. The summed E-state index contributed by atoms with van der Waals surface area (Å²) < 4.78 is 16.0. The fraction of sp³-hybridized carbons (Fsp3) is 0.259. The molecule has 37 heavy (non-hydrogen) atoms. The van der Waals surface area contributed by atoms with Gasteiger partial charge >= 0.3 is 5.97 Å². The summed E-state index contributed by atoms with van der Waals surface area (Å²) >= 11 is 1.32. The molecule has 0 radical (unpaired) electrons. The molecule has 0 bridgehead atoms. The van der Waals surface area contributed by atoms with E-state index in [-0.39, 0.29) is 12.5 Å². The van der Waals surface area contributed by atoms with Gasteiger partial charge in [-0.15, -0.1) is 11.3 Å². The van der Waals surface area contributed by atoms with Crippen LogP contribution in [-0.4, -0.2) is 43.8 Å². The summed E-state index contributed by atoms with van der Waals surface area (Å²) in [6.07, 6.45) is 0.677. The van der Waals surface area contributed by atoms with Gasteiger partial charge in [0, 0.05) is 10.4 Å². The van der Waals surface area contributed by atoms with Crippen molar-refractivity contribution in [3.05, 3.63) is 75.7 Å². The maximum absolute atomic E-state index is 12.8. The van der Waals surface area contributed by atoms with Crippen LogP contribution in [0.3, 0.4) is 0 Å². The van der Waals surface area contributed by atoms with Gasteiger partial charge in [0.1, 0.15) is 16.5 Å². The molecule has 0 aliphatic heterocycles. The molecule has 0 fully saturated rings. The van der Waals surface area contributed by atoms with Gasteiger partial charge in [-0.25, -0.2) is 10.2 Å². The lowest BCUT2D eigenvalue weighted by Gasteiger charge is -2.13. The number of methoxy groups -OCH3 is 1. The van der Waals surface area contributed by atoms with Crippen LogP contribution in [0, 0.1) is 13.8 Å². The van der Waals surface area contributed by atoms with E-state index in [4.69, 9.17) is 14.2 Å². The molecule has 1 heterocycles. The summed E-state index contributed by atoms with van der Waals surface area (Å²) in [6.45, 7) is 7.27. The monoisotopic (exact) mass is 523 g/mol. The maximum atomic E-state index is 12.8. The molecule has 0 aliphatic rings. The fourth-order valence-electron chi connectivity index (χ4n) is 3.27. The Morgan fingerprint density at radius 2 is 1.81 bits per heavy atom. The van der Waals surface area contributed by atoms with E-state index in [0.717, 1.165) is 16.0 Å². The number of aryl methyl sites for hydroxylation is 1. The van der Waals surface area contributed by atoms with Crippen molar-refractivity contribution in [2.45, 2.75) is 33.8 Å². The Morgan fingerprint density at radius 1 is 1.08 bits per heavy atom. The van der Waals surface area contributed by atoms with Crippen LogP contribution >= 0.6 is 11.3 Å². The molecule has 2 amide bonds. The van der Waals surface area contributed by atoms with Gasteiger partial charge < -0.3 is 19.5 Å². The molecular weight excluding hydrogens is 494 g/mol. The van der Waals surface area contributed by atoms with E-state index in [0.29, 0.717) is 27.6 Å². The predicted octanol–water partition coefficient (Wildman–Crippen LogP) is 4.72. The number of amides is 2. The molecule has 194 valence electrons. The molecule has 0 unspecified atom stereocenters. The minimum Gasteiger partial charge on any atom is -0.497 e. The van der Waals surface area contributed by atoms with E-state index in [2.05, 4.69) is 15.8 Å². The standard InChI is InChI=1S/C27H29N3O6S/c1-6-35-27(33)23-16(2)18(4)37-26(23)29-25(32)20-10-12-21(13-11-20)36-17(3)24(31)30-28-15-19-8-7-9-22(14-19)34-5/h7-15,17H,6H2,1-5H3,(H,29,32)(H,30,31)/b28-15-/t17-/m1/s1. The summed E-state index contributed by atoms with van der Waals surface area (Å²) in [6, 6.07) is 13.6.